The molecule has 0 spiro atoms. The summed E-state index contributed by atoms with van der Waals surface area (Å²) >= 11 is 4.23. The van der Waals surface area contributed by atoms with Gasteiger partial charge in [0.25, 0.3) is 0 Å². The summed E-state index contributed by atoms with van der Waals surface area (Å²) in [4.78, 5) is 13.0. The monoisotopic (exact) mass is 371 g/mol. The lowest BCUT2D eigenvalue weighted by Crippen LogP contribution is -2.02. The number of aromatic hydroxyl groups is 2. The summed E-state index contributed by atoms with van der Waals surface area (Å²) in [6.45, 7) is 0. The van der Waals surface area contributed by atoms with Crippen molar-refractivity contribution in [2.75, 3.05) is 14.2 Å². The van der Waals surface area contributed by atoms with Gasteiger partial charge < -0.3 is 19.7 Å². The molecule has 0 aliphatic heterocycles. The summed E-state index contributed by atoms with van der Waals surface area (Å²) in [7, 11) is 3.03. The maximum Gasteiger partial charge on any atom is 0.167 e. The predicted octanol–water partition coefficient (Wildman–Crippen LogP) is 3.06. The molecule has 0 unspecified atom stereocenters. The Morgan fingerprint density at radius 2 is 1.27 bits per heavy atom. The van der Waals surface area contributed by atoms with Gasteiger partial charge in [0.05, 0.1) is 31.1 Å². The summed E-state index contributed by atoms with van der Waals surface area (Å²) in [6, 6.07) is 9.66. The van der Waals surface area contributed by atoms with Gasteiger partial charge in [0.15, 0.2) is 11.6 Å². The fraction of sp³-hybridized carbons (Fsp3) is 0.167. The number of nitrogens with zero attached hydrogens (tertiary/aromatic N) is 3. The predicted molar refractivity (Wildman–Crippen MR) is 99.8 cm³/mol. The normalized spacial score (nSPS) is 10.6. The molecule has 0 bridgehead atoms. The second-order valence-corrected chi connectivity index (χ2v) is 5.64. The highest BCUT2D eigenvalue weighted by Crippen LogP contribution is 2.34. The molecular weight excluding hydrogens is 354 g/mol. The van der Waals surface area contributed by atoms with E-state index in [1.165, 1.54) is 26.4 Å². The fourth-order valence-corrected chi connectivity index (χ4v) is 2.53. The molecule has 8 heteroatoms. The Kier molecular flexibility index (Phi) is 5.13. The second-order valence-electron chi connectivity index (χ2n) is 5.32. The molecule has 0 amide bonds. The number of methoxy groups -OCH3 is 2. The second kappa shape index (κ2) is 7.49. The van der Waals surface area contributed by atoms with Gasteiger partial charge in [0.2, 0.25) is 0 Å². The molecule has 3 rings (SSSR count). The highest BCUT2D eigenvalue weighted by atomic mass is 32.1. The van der Waals surface area contributed by atoms with Gasteiger partial charge in [-0.05, 0) is 24.3 Å². The van der Waals surface area contributed by atoms with E-state index in [2.05, 4.69) is 27.6 Å². The van der Waals surface area contributed by atoms with Crippen LogP contribution < -0.4 is 9.47 Å². The van der Waals surface area contributed by atoms with Crippen molar-refractivity contribution in [1.29, 1.82) is 0 Å². The minimum absolute atomic E-state index is 0.0226. The minimum Gasteiger partial charge on any atom is -0.507 e. The molecule has 0 aliphatic carbocycles. The standard InChI is InChI=1S/C18H17N3O4S/c1-24-10-3-5-12(14(22)7-10)17-19-16(9-26)20-18(21-17)13-6-4-11(25-2)8-15(13)23/h3-8,22-23,26H,9H2,1-2H3. The lowest BCUT2D eigenvalue weighted by molar-refractivity contribution is 0.408. The minimum atomic E-state index is -0.0226. The summed E-state index contributed by atoms with van der Waals surface area (Å²) in [6.07, 6.45) is 0. The summed E-state index contributed by atoms with van der Waals surface area (Å²) in [5, 5.41) is 20.5. The average Bonchev–Trinajstić information content (AvgIpc) is 2.67. The first-order valence-corrected chi connectivity index (χ1v) is 8.29. The van der Waals surface area contributed by atoms with Crippen LogP contribution in [0.2, 0.25) is 0 Å². The van der Waals surface area contributed by atoms with Gasteiger partial charge in [-0.1, -0.05) is 0 Å². The molecule has 0 fully saturated rings. The lowest BCUT2D eigenvalue weighted by Gasteiger charge is -2.10. The summed E-state index contributed by atoms with van der Waals surface area (Å²) < 4.78 is 10.2. The Balaban J connectivity index is 2.13. The number of rotatable bonds is 5. The van der Waals surface area contributed by atoms with Crippen molar-refractivity contribution >= 4 is 12.6 Å². The number of ether oxygens (including phenoxy) is 2. The van der Waals surface area contributed by atoms with Gasteiger partial charge in [-0.15, -0.1) is 0 Å². The zero-order valence-electron chi connectivity index (χ0n) is 14.2. The number of phenolic OH excluding ortho intramolecular Hbond substituents is 2. The molecule has 1 aromatic heterocycles. The van der Waals surface area contributed by atoms with Crippen molar-refractivity contribution in [3.8, 4) is 45.8 Å². The van der Waals surface area contributed by atoms with Crippen molar-refractivity contribution in [1.82, 2.24) is 15.0 Å². The van der Waals surface area contributed by atoms with Crippen molar-refractivity contribution in [3.63, 3.8) is 0 Å². The van der Waals surface area contributed by atoms with E-state index < -0.39 is 0 Å². The number of phenols is 2. The fourth-order valence-electron chi connectivity index (χ4n) is 2.39. The number of hydrogen-bond acceptors (Lipinski definition) is 8. The maximum absolute atomic E-state index is 10.3. The molecule has 7 nitrogen and oxygen atoms in total. The van der Waals surface area contributed by atoms with E-state index in [0.717, 1.165) is 0 Å². The Labute approximate surface area is 155 Å². The topological polar surface area (TPSA) is 97.6 Å². The molecule has 1 heterocycles. The molecule has 26 heavy (non-hydrogen) atoms. The van der Waals surface area contributed by atoms with Crippen LogP contribution in [0.5, 0.6) is 23.0 Å². The highest BCUT2D eigenvalue weighted by molar-refractivity contribution is 7.79. The van der Waals surface area contributed by atoms with Crippen molar-refractivity contribution in [2.45, 2.75) is 5.75 Å². The zero-order valence-corrected chi connectivity index (χ0v) is 15.1. The lowest BCUT2D eigenvalue weighted by atomic mass is 10.1. The molecule has 2 aromatic carbocycles. The molecule has 0 aliphatic rings. The average molecular weight is 371 g/mol. The molecular formula is C18H17N3O4S. The molecule has 134 valence electrons. The summed E-state index contributed by atoms with van der Waals surface area (Å²) in [5.41, 5.74) is 0.843. The van der Waals surface area contributed by atoms with Crippen molar-refractivity contribution in [3.05, 3.63) is 42.2 Å². The number of benzene rings is 2. The smallest absolute Gasteiger partial charge is 0.167 e. The van der Waals surface area contributed by atoms with Gasteiger partial charge in [0, 0.05) is 12.1 Å². The molecule has 0 saturated carbocycles. The van der Waals surface area contributed by atoms with Gasteiger partial charge in [-0.2, -0.15) is 12.6 Å². The zero-order chi connectivity index (χ0) is 18.7. The maximum atomic E-state index is 10.3. The number of thiol groups is 1. The molecule has 3 aromatic rings. The van der Waals surface area contributed by atoms with Crippen LogP contribution in [0.15, 0.2) is 36.4 Å². The van der Waals surface area contributed by atoms with Gasteiger partial charge in [-0.25, -0.2) is 15.0 Å². The molecule has 0 saturated heterocycles. The first-order chi connectivity index (χ1) is 12.5. The van der Waals surface area contributed by atoms with Crippen molar-refractivity contribution < 1.29 is 19.7 Å². The Morgan fingerprint density at radius 3 is 1.62 bits per heavy atom. The Hall–Kier alpha value is -3.00. The van der Waals surface area contributed by atoms with Crippen LogP contribution in [0.4, 0.5) is 0 Å². The highest BCUT2D eigenvalue weighted by Gasteiger charge is 2.16. The molecule has 0 atom stereocenters. The van der Waals surface area contributed by atoms with E-state index in [-0.39, 0.29) is 28.9 Å². The van der Waals surface area contributed by atoms with E-state index in [1.807, 2.05) is 0 Å². The van der Waals surface area contributed by atoms with Gasteiger partial charge in [-0.3, -0.25) is 0 Å². The number of hydrogen-bond donors (Lipinski definition) is 3. The van der Waals surface area contributed by atoms with Gasteiger partial charge in [0.1, 0.15) is 28.8 Å². The summed E-state index contributed by atoms with van der Waals surface area (Å²) in [5.74, 6) is 2.22. The van der Waals surface area contributed by atoms with Gasteiger partial charge >= 0.3 is 0 Å². The Morgan fingerprint density at radius 1 is 0.808 bits per heavy atom. The van der Waals surface area contributed by atoms with Crippen molar-refractivity contribution in [2.24, 2.45) is 0 Å². The van der Waals surface area contributed by atoms with E-state index in [9.17, 15) is 10.2 Å². The van der Waals surface area contributed by atoms with Crippen LogP contribution in [0.25, 0.3) is 22.8 Å². The first kappa shape index (κ1) is 17.8. The van der Waals surface area contributed by atoms with Crippen LogP contribution in [0.1, 0.15) is 5.82 Å². The van der Waals surface area contributed by atoms with E-state index in [0.29, 0.717) is 28.5 Å². The van der Waals surface area contributed by atoms with Crippen LogP contribution in [-0.2, 0) is 5.75 Å². The van der Waals surface area contributed by atoms with Crippen LogP contribution in [0.3, 0.4) is 0 Å². The number of aromatic nitrogens is 3. The van der Waals surface area contributed by atoms with Crippen LogP contribution in [-0.4, -0.2) is 39.4 Å². The van der Waals surface area contributed by atoms with E-state index in [4.69, 9.17) is 9.47 Å². The third kappa shape index (κ3) is 3.50. The molecule has 2 N–H and O–H groups in total. The van der Waals surface area contributed by atoms with E-state index in [1.54, 1.807) is 24.3 Å². The van der Waals surface area contributed by atoms with E-state index >= 15 is 0 Å². The third-order valence-corrected chi connectivity index (χ3v) is 4.00. The van der Waals surface area contributed by atoms with Crippen LogP contribution in [0, 0.1) is 0 Å². The molecule has 0 radical (unpaired) electrons. The first-order valence-electron chi connectivity index (χ1n) is 7.66. The van der Waals surface area contributed by atoms with Crippen LogP contribution >= 0.6 is 12.6 Å². The largest absolute Gasteiger partial charge is 0.507 e. The third-order valence-electron chi connectivity index (χ3n) is 3.71. The quantitative estimate of drug-likeness (QED) is 0.593. The SMILES string of the molecule is COc1ccc(-c2nc(CS)nc(-c3ccc(OC)cc3O)n2)c(O)c1. The Bertz CT molecular complexity index is 878.